The number of aromatic amines is 1. The summed E-state index contributed by atoms with van der Waals surface area (Å²) >= 11 is 0. The van der Waals surface area contributed by atoms with Gasteiger partial charge < -0.3 is 14.8 Å². The molecule has 0 fully saturated rings. The van der Waals surface area contributed by atoms with Gasteiger partial charge in [0.15, 0.2) is 11.6 Å². The standard InChI is InChI=1S/C13H14FNO3/c1-6(13(16)17)12-7(2)15-10-5-9(14)11(18-3)4-8(10)12/h4-6,15H,1-3H3,(H,16,17). The Morgan fingerprint density at radius 2 is 2.17 bits per heavy atom. The van der Waals surface area contributed by atoms with E-state index in [4.69, 9.17) is 9.84 Å². The zero-order chi connectivity index (χ0) is 13.4. The van der Waals surface area contributed by atoms with E-state index in [1.54, 1.807) is 13.8 Å². The van der Waals surface area contributed by atoms with Gasteiger partial charge in [0.05, 0.1) is 13.0 Å². The highest BCUT2D eigenvalue weighted by Crippen LogP contribution is 2.33. The van der Waals surface area contributed by atoms with E-state index in [1.165, 1.54) is 19.2 Å². The van der Waals surface area contributed by atoms with Gasteiger partial charge in [-0.15, -0.1) is 0 Å². The number of halogens is 1. The van der Waals surface area contributed by atoms with Crippen LogP contribution in [0.1, 0.15) is 24.1 Å². The lowest BCUT2D eigenvalue weighted by molar-refractivity contribution is -0.138. The van der Waals surface area contributed by atoms with Crippen molar-refractivity contribution < 1.29 is 19.0 Å². The number of hydrogen-bond acceptors (Lipinski definition) is 2. The van der Waals surface area contributed by atoms with Crippen LogP contribution in [-0.2, 0) is 4.79 Å². The third kappa shape index (κ3) is 1.81. The van der Waals surface area contributed by atoms with E-state index in [9.17, 15) is 9.18 Å². The second-order valence-corrected chi connectivity index (χ2v) is 4.26. The topological polar surface area (TPSA) is 62.3 Å². The summed E-state index contributed by atoms with van der Waals surface area (Å²) in [5.74, 6) is -1.93. The highest BCUT2D eigenvalue weighted by atomic mass is 19.1. The SMILES string of the molecule is COc1cc2c(C(C)C(=O)O)c(C)[nH]c2cc1F. The molecule has 96 valence electrons. The van der Waals surface area contributed by atoms with Crippen molar-refractivity contribution in [3.05, 3.63) is 29.2 Å². The number of methoxy groups -OCH3 is 1. The Kier molecular flexibility index (Phi) is 2.98. The predicted octanol–water partition coefficient (Wildman–Crippen LogP) is 2.81. The van der Waals surface area contributed by atoms with Crippen molar-refractivity contribution in [3.8, 4) is 5.75 Å². The van der Waals surface area contributed by atoms with Crippen LogP contribution in [0.4, 0.5) is 4.39 Å². The number of benzene rings is 1. The van der Waals surface area contributed by atoms with Crippen molar-refractivity contribution in [2.45, 2.75) is 19.8 Å². The van der Waals surface area contributed by atoms with Gasteiger partial charge in [-0.25, -0.2) is 4.39 Å². The van der Waals surface area contributed by atoms with Gasteiger partial charge in [-0.1, -0.05) is 0 Å². The second kappa shape index (κ2) is 4.33. The molecule has 1 atom stereocenters. The van der Waals surface area contributed by atoms with Crippen LogP contribution in [0.2, 0.25) is 0 Å². The molecule has 0 aliphatic carbocycles. The van der Waals surface area contributed by atoms with E-state index >= 15 is 0 Å². The number of aliphatic carboxylic acids is 1. The number of aryl methyl sites for hydroxylation is 1. The summed E-state index contributed by atoms with van der Waals surface area (Å²) in [5.41, 5.74) is 1.97. The largest absolute Gasteiger partial charge is 0.494 e. The summed E-state index contributed by atoms with van der Waals surface area (Å²) in [5, 5.41) is 9.78. The minimum absolute atomic E-state index is 0.111. The van der Waals surface area contributed by atoms with E-state index in [0.717, 1.165) is 5.69 Å². The molecule has 0 aliphatic heterocycles. The lowest BCUT2D eigenvalue weighted by Gasteiger charge is -2.07. The minimum Gasteiger partial charge on any atom is -0.494 e. The number of carboxylic acid groups (broad SMARTS) is 1. The molecule has 2 N–H and O–H groups in total. The van der Waals surface area contributed by atoms with Gasteiger partial charge >= 0.3 is 5.97 Å². The Morgan fingerprint density at radius 1 is 1.50 bits per heavy atom. The average Bonchev–Trinajstić information content (AvgIpc) is 2.61. The Labute approximate surface area is 103 Å². The first-order chi connectivity index (χ1) is 8.45. The van der Waals surface area contributed by atoms with E-state index in [1.807, 2.05) is 0 Å². The van der Waals surface area contributed by atoms with Crippen molar-refractivity contribution in [1.29, 1.82) is 0 Å². The van der Waals surface area contributed by atoms with Crippen LogP contribution in [0.15, 0.2) is 12.1 Å². The highest BCUT2D eigenvalue weighted by Gasteiger charge is 2.22. The summed E-state index contributed by atoms with van der Waals surface area (Å²) in [4.78, 5) is 14.1. The van der Waals surface area contributed by atoms with Crippen LogP contribution >= 0.6 is 0 Å². The molecule has 0 aliphatic rings. The quantitative estimate of drug-likeness (QED) is 0.881. The van der Waals surface area contributed by atoms with Crippen LogP contribution in [0.5, 0.6) is 5.75 Å². The molecule has 2 aromatic rings. The summed E-state index contributed by atoms with van der Waals surface area (Å²) in [6.07, 6.45) is 0. The molecule has 0 saturated carbocycles. The monoisotopic (exact) mass is 251 g/mol. The number of rotatable bonds is 3. The number of H-pyrrole nitrogens is 1. The maximum atomic E-state index is 13.6. The molecule has 2 rings (SSSR count). The summed E-state index contributed by atoms with van der Waals surface area (Å²) in [6, 6.07) is 2.85. The van der Waals surface area contributed by atoms with Crippen LogP contribution in [0.25, 0.3) is 10.9 Å². The van der Waals surface area contributed by atoms with E-state index in [0.29, 0.717) is 16.5 Å². The number of nitrogens with one attached hydrogen (secondary N) is 1. The molecule has 0 bridgehead atoms. The zero-order valence-electron chi connectivity index (χ0n) is 10.4. The van der Waals surface area contributed by atoms with Gasteiger partial charge in [0.25, 0.3) is 0 Å². The summed E-state index contributed by atoms with van der Waals surface area (Å²) < 4.78 is 18.5. The van der Waals surface area contributed by atoms with Crippen LogP contribution in [-0.4, -0.2) is 23.2 Å². The fourth-order valence-electron chi connectivity index (χ4n) is 2.19. The van der Waals surface area contributed by atoms with E-state index in [2.05, 4.69) is 4.98 Å². The number of hydrogen-bond donors (Lipinski definition) is 2. The summed E-state index contributed by atoms with van der Waals surface area (Å²) in [7, 11) is 1.38. The van der Waals surface area contributed by atoms with Gasteiger partial charge in [0.1, 0.15) is 0 Å². The molecular formula is C13H14FNO3. The Balaban J connectivity index is 2.73. The smallest absolute Gasteiger partial charge is 0.310 e. The number of aromatic nitrogens is 1. The lowest BCUT2D eigenvalue weighted by atomic mass is 9.98. The molecule has 0 radical (unpaired) electrons. The normalized spacial score (nSPS) is 12.7. The molecule has 1 aromatic carbocycles. The highest BCUT2D eigenvalue weighted by molar-refractivity contribution is 5.91. The molecule has 0 amide bonds. The Bertz CT molecular complexity index is 618. The zero-order valence-corrected chi connectivity index (χ0v) is 10.4. The molecule has 1 aromatic heterocycles. The molecule has 0 saturated heterocycles. The molecule has 5 heteroatoms. The second-order valence-electron chi connectivity index (χ2n) is 4.26. The first-order valence-electron chi connectivity index (χ1n) is 5.54. The number of ether oxygens (including phenoxy) is 1. The number of carbonyl (C=O) groups is 1. The van der Waals surface area contributed by atoms with Crippen molar-refractivity contribution in [2.75, 3.05) is 7.11 Å². The van der Waals surface area contributed by atoms with Gasteiger partial charge in [-0.05, 0) is 25.5 Å². The van der Waals surface area contributed by atoms with Crippen LogP contribution < -0.4 is 4.74 Å². The first-order valence-corrected chi connectivity index (χ1v) is 5.54. The van der Waals surface area contributed by atoms with Gasteiger partial charge in [0, 0.05) is 22.7 Å². The molecule has 4 nitrogen and oxygen atoms in total. The van der Waals surface area contributed by atoms with Crippen molar-refractivity contribution in [1.82, 2.24) is 4.98 Å². The maximum absolute atomic E-state index is 13.6. The maximum Gasteiger partial charge on any atom is 0.310 e. The van der Waals surface area contributed by atoms with Gasteiger partial charge in [-0.2, -0.15) is 0 Å². The fourth-order valence-corrected chi connectivity index (χ4v) is 2.19. The molecule has 1 unspecified atom stereocenters. The van der Waals surface area contributed by atoms with Gasteiger partial charge in [0.2, 0.25) is 0 Å². The predicted molar refractivity (Wildman–Crippen MR) is 65.6 cm³/mol. The Hall–Kier alpha value is -2.04. The third-order valence-corrected chi connectivity index (χ3v) is 3.11. The van der Waals surface area contributed by atoms with Crippen molar-refractivity contribution in [2.24, 2.45) is 0 Å². The molecular weight excluding hydrogens is 237 g/mol. The summed E-state index contributed by atoms with van der Waals surface area (Å²) in [6.45, 7) is 3.38. The first kappa shape index (κ1) is 12.4. The van der Waals surface area contributed by atoms with Crippen LogP contribution in [0.3, 0.4) is 0 Å². The van der Waals surface area contributed by atoms with Crippen molar-refractivity contribution in [3.63, 3.8) is 0 Å². The average molecular weight is 251 g/mol. The molecule has 1 heterocycles. The van der Waals surface area contributed by atoms with Crippen LogP contribution in [0, 0.1) is 12.7 Å². The molecule has 0 spiro atoms. The fraction of sp³-hybridized carbons (Fsp3) is 0.308. The van der Waals surface area contributed by atoms with Gasteiger partial charge in [-0.3, -0.25) is 4.79 Å². The van der Waals surface area contributed by atoms with E-state index in [-0.39, 0.29) is 5.75 Å². The lowest BCUT2D eigenvalue weighted by Crippen LogP contribution is -2.08. The van der Waals surface area contributed by atoms with Crippen molar-refractivity contribution >= 4 is 16.9 Å². The third-order valence-electron chi connectivity index (χ3n) is 3.11. The minimum atomic E-state index is -0.915. The Morgan fingerprint density at radius 3 is 2.72 bits per heavy atom. The molecule has 18 heavy (non-hydrogen) atoms. The van der Waals surface area contributed by atoms with E-state index < -0.39 is 17.7 Å². The number of fused-ring (bicyclic) bond motifs is 1. The number of carboxylic acids is 1.